The average Bonchev–Trinajstić information content (AvgIpc) is 2.35. The SMILES string of the molecule is O=C(O)C[13c]1[13cH][13cH][13cH][13cH][13c]1Nc1c(Cl)cccc1Cl.[Na]. The molecule has 0 aliphatic carbocycles. The Kier molecular flexibility index (Phi) is 6.86. The summed E-state index contributed by atoms with van der Waals surface area (Å²) in [5.74, 6) is -0.889. The van der Waals surface area contributed by atoms with Crippen molar-refractivity contribution in [3.05, 3.63) is 58.1 Å². The number of nitrogens with one attached hydrogen (secondary N) is 1. The molecule has 2 rings (SSSR count). The summed E-state index contributed by atoms with van der Waals surface area (Å²) >= 11 is 12.1. The summed E-state index contributed by atoms with van der Waals surface area (Å²) in [6.07, 6.45) is -0.0642. The van der Waals surface area contributed by atoms with E-state index in [0.29, 0.717) is 27.0 Å². The Morgan fingerprint density at radius 3 is 2.25 bits per heavy atom. The van der Waals surface area contributed by atoms with E-state index in [9.17, 15) is 4.79 Å². The summed E-state index contributed by atoms with van der Waals surface area (Å²) in [6, 6.07) is 12.3. The molecule has 0 unspecified atom stereocenters. The van der Waals surface area contributed by atoms with Crippen LogP contribution >= 0.6 is 23.2 Å². The Hall–Kier alpha value is -0.710. The molecular formula is C14H11Cl2NNaO2. The maximum atomic E-state index is 10.8. The fourth-order valence-corrected chi connectivity index (χ4v) is 2.20. The second-order valence-electron chi connectivity index (χ2n) is 3.95. The summed E-state index contributed by atoms with van der Waals surface area (Å²) in [5.41, 5.74) is 1.93. The van der Waals surface area contributed by atoms with Crippen LogP contribution in [-0.2, 0) is 11.2 Å². The van der Waals surface area contributed by atoms with Crippen LogP contribution in [0, 0.1) is 0 Å². The molecule has 2 N–H and O–H groups in total. The van der Waals surface area contributed by atoms with Crippen LogP contribution in [0.3, 0.4) is 0 Å². The molecule has 0 atom stereocenters. The number of hydrogen-bond donors (Lipinski definition) is 2. The molecule has 0 amide bonds. The van der Waals surface area contributed by atoms with Crippen molar-refractivity contribution in [2.75, 3.05) is 5.32 Å². The largest absolute Gasteiger partial charge is 0.481 e. The fourth-order valence-electron chi connectivity index (χ4n) is 1.71. The molecule has 0 bridgehead atoms. The minimum Gasteiger partial charge on any atom is -0.481 e. The number of carboxylic acid groups (broad SMARTS) is 1. The van der Waals surface area contributed by atoms with Gasteiger partial charge >= 0.3 is 5.97 Å². The first-order valence-electron chi connectivity index (χ1n) is 5.58. The molecule has 99 valence electrons. The number of carboxylic acids is 1. The van der Waals surface area contributed by atoms with E-state index in [1.54, 1.807) is 36.4 Å². The predicted octanol–water partition coefficient (Wildman–Crippen LogP) is 3.98. The van der Waals surface area contributed by atoms with Crippen LogP contribution in [0.15, 0.2) is 42.5 Å². The van der Waals surface area contributed by atoms with E-state index in [1.165, 1.54) is 0 Å². The van der Waals surface area contributed by atoms with Crippen LogP contribution in [-0.4, -0.2) is 40.6 Å². The van der Waals surface area contributed by atoms with Gasteiger partial charge in [0.1, 0.15) is 0 Å². The van der Waals surface area contributed by atoms with E-state index < -0.39 is 5.97 Å². The van der Waals surface area contributed by atoms with Crippen molar-refractivity contribution in [1.29, 1.82) is 0 Å². The molecular weight excluding hydrogens is 314 g/mol. The summed E-state index contributed by atoms with van der Waals surface area (Å²) in [7, 11) is 0. The topological polar surface area (TPSA) is 49.3 Å². The molecule has 0 saturated carbocycles. The number of hydrogen-bond acceptors (Lipinski definition) is 2. The number of aliphatic carboxylic acids is 1. The van der Waals surface area contributed by atoms with Crippen molar-refractivity contribution >= 4 is 70.1 Å². The van der Waals surface area contributed by atoms with Crippen molar-refractivity contribution < 1.29 is 9.90 Å². The first kappa shape index (κ1) is 17.3. The molecule has 0 aliphatic heterocycles. The monoisotopic (exact) mass is 324 g/mol. The van der Waals surface area contributed by atoms with Gasteiger partial charge in [0.05, 0.1) is 22.2 Å². The van der Waals surface area contributed by atoms with Gasteiger partial charge in [-0.3, -0.25) is 4.79 Å². The van der Waals surface area contributed by atoms with Crippen LogP contribution in [0.2, 0.25) is 10.0 Å². The number of para-hydroxylation sites is 2. The number of carbonyl (C=O) groups is 1. The van der Waals surface area contributed by atoms with Crippen molar-refractivity contribution in [3.8, 4) is 0 Å². The molecule has 0 aliphatic rings. The molecule has 0 spiro atoms. The van der Waals surface area contributed by atoms with Gasteiger partial charge in [0.15, 0.2) is 0 Å². The van der Waals surface area contributed by atoms with E-state index in [0.717, 1.165) is 0 Å². The maximum Gasteiger partial charge on any atom is 0.307 e. The van der Waals surface area contributed by atoms with Crippen molar-refractivity contribution in [2.24, 2.45) is 0 Å². The van der Waals surface area contributed by atoms with Gasteiger partial charge in [-0.25, -0.2) is 0 Å². The molecule has 2 aromatic carbocycles. The van der Waals surface area contributed by atoms with E-state index in [4.69, 9.17) is 28.3 Å². The van der Waals surface area contributed by atoms with Crippen LogP contribution in [0.4, 0.5) is 11.4 Å². The zero-order valence-corrected chi connectivity index (χ0v) is 14.4. The Balaban J connectivity index is 0.00000200. The van der Waals surface area contributed by atoms with E-state index in [1.807, 2.05) is 6.07 Å². The Morgan fingerprint density at radius 1 is 1.05 bits per heavy atom. The number of halogens is 2. The normalized spacial score (nSPS) is 9.70. The second-order valence-corrected chi connectivity index (χ2v) is 4.76. The molecule has 0 fully saturated rings. The van der Waals surface area contributed by atoms with Crippen molar-refractivity contribution in [1.82, 2.24) is 0 Å². The summed E-state index contributed by atoms with van der Waals surface area (Å²) in [5, 5.41) is 12.9. The molecule has 6 heteroatoms. The quantitative estimate of drug-likeness (QED) is 0.836. The van der Waals surface area contributed by atoms with E-state index in [-0.39, 0.29) is 36.0 Å². The standard InChI is InChI=1S/C14H11Cl2NO2.Na/c15-10-5-3-6-11(16)14(10)17-12-7-2-1-4-9(12)8-13(18)19;/h1-7,17H,8H2,(H,18,19);/i1+1,2+1,4+1,7+1,9+1,12+1;. The Labute approximate surface area is 149 Å². The fraction of sp³-hybridized carbons (Fsp3) is 0.0714. The molecule has 0 aromatic heterocycles. The third kappa shape index (κ3) is 4.40. The molecule has 2 aromatic rings. The molecule has 20 heavy (non-hydrogen) atoms. The maximum absolute atomic E-state index is 10.8. The van der Waals surface area contributed by atoms with Gasteiger partial charge in [-0.1, -0.05) is 47.5 Å². The van der Waals surface area contributed by atoms with Crippen molar-refractivity contribution in [3.63, 3.8) is 0 Å². The molecule has 1 radical (unpaired) electrons. The van der Waals surface area contributed by atoms with Crippen LogP contribution < -0.4 is 5.32 Å². The minimum absolute atomic E-state index is 0. The third-order valence-electron chi connectivity index (χ3n) is 2.58. The van der Waals surface area contributed by atoms with Crippen LogP contribution in [0.1, 0.15) is 5.56 Å². The predicted molar refractivity (Wildman–Crippen MR) is 83.3 cm³/mol. The summed E-state index contributed by atoms with van der Waals surface area (Å²) in [6.45, 7) is 0. The number of anilines is 2. The second kappa shape index (κ2) is 7.91. The Morgan fingerprint density at radius 2 is 1.65 bits per heavy atom. The summed E-state index contributed by atoms with van der Waals surface area (Å²) in [4.78, 5) is 10.8. The zero-order chi connectivity index (χ0) is 13.8. The smallest absolute Gasteiger partial charge is 0.307 e. The Bertz CT molecular complexity index is 600. The van der Waals surface area contributed by atoms with Gasteiger partial charge in [0, 0.05) is 35.2 Å². The first-order chi connectivity index (χ1) is 9.08. The van der Waals surface area contributed by atoms with Gasteiger partial charge in [-0.15, -0.1) is 0 Å². The molecule has 0 heterocycles. The minimum atomic E-state index is -0.889. The number of benzene rings is 2. The van der Waals surface area contributed by atoms with E-state index in [2.05, 4.69) is 5.32 Å². The van der Waals surface area contributed by atoms with Gasteiger partial charge in [-0.05, 0) is 23.8 Å². The van der Waals surface area contributed by atoms with Crippen LogP contribution in [0.5, 0.6) is 0 Å². The van der Waals surface area contributed by atoms with Gasteiger partial charge in [-0.2, -0.15) is 0 Å². The number of rotatable bonds is 4. The molecule has 0 saturated heterocycles. The third-order valence-corrected chi connectivity index (χ3v) is 3.21. The summed E-state index contributed by atoms with van der Waals surface area (Å²) < 4.78 is 0. The zero-order valence-electron chi connectivity index (χ0n) is 10.9. The average molecular weight is 325 g/mol. The first-order valence-corrected chi connectivity index (χ1v) is 6.34. The van der Waals surface area contributed by atoms with Gasteiger partial charge in [0.25, 0.3) is 0 Å². The van der Waals surface area contributed by atoms with Gasteiger partial charge < -0.3 is 10.4 Å². The van der Waals surface area contributed by atoms with Gasteiger partial charge in [0.2, 0.25) is 0 Å². The van der Waals surface area contributed by atoms with E-state index >= 15 is 0 Å². The van der Waals surface area contributed by atoms with Crippen molar-refractivity contribution in [2.45, 2.75) is 6.42 Å². The molecule has 3 nitrogen and oxygen atoms in total. The van der Waals surface area contributed by atoms with Crippen LogP contribution in [0.25, 0.3) is 0 Å².